The van der Waals surface area contributed by atoms with Gasteiger partial charge in [-0.15, -0.1) is 0 Å². The third kappa shape index (κ3) is 7.59. The van der Waals surface area contributed by atoms with Crippen LogP contribution in [0.15, 0.2) is 0 Å². The van der Waals surface area contributed by atoms with Crippen molar-refractivity contribution in [2.75, 3.05) is 59.5 Å². The van der Waals surface area contributed by atoms with Gasteiger partial charge in [-0.3, -0.25) is 0 Å². The molecule has 0 aliphatic heterocycles. The summed E-state index contributed by atoms with van der Waals surface area (Å²) in [5.41, 5.74) is 18.1. The van der Waals surface area contributed by atoms with Crippen molar-refractivity contribution in [1.82, 2.24) is 0 Å². The van der Waals surface area contributed by atoms with Crippen LogP contribution < -0.4 is 17.2 Å². The maximum absolute atomic E-state index is 11.1. The quantitative estimate of drug-likeness (QED) is 0.0980. The monoisotopic (exact) mass is 593 g/mol. The van der Waals surface area contributed by atoms with Gasteiger partial charge in [-0.2, -0.15) is 0 Å². The van der Waals surface area contributed by atoms with E-state index in [1.165, 1.54) is 0 Å². The van der Waals surface area contributed by atoms with Gasteiger partial charge in [-0.25, -0.2) is 0 Å². The Bertz CT molecular complexity index is 781. The lowest BCUT2D eigenvalue weighted by atomic mass is 9.61. The van der Waals surface area contributed by atoms with Gasteiger partial charge in [0, 0.05) is 80.7 Å². The van der Waals surface area contributed by atoms with Gasteiger partial charge in [0.2, 0.25) is 0 Å². The second-order valence-corrected chi connectivity index (χ2v) is 13.2. The van der Waals surface area contributed by atoms with Crippen molar-refractivity contribution >= 4 is 0 Å². The summed E-state index contributed by atoms with van der Waals surface area (Å²) in [5, 5.41) is 81.6. The highest BCUT2D eigenvalue weighted by Crippen LogP contribution is 2.43. The van der Waals surface area contributed by atoms with Gasteiger partial charge in [-0.1, -0.05) is 6.92 Å². The first-order valence-electron chi connectivity index (χ1n) is 15.0. The van der Waals surface area contributed by atoms with Crippen LogP contribution >= 0.6 is 0 Å². The SMILES string of the molecule is CC1(CO)CC(COCC2C(CO)CC(COCC3C(CO)CC(CO)C(N)C3O)C(N)C2O)C(N)C(O)C1CO. The Kier molecular flexibility index (Phi) is 13.2. The molecule has 0 radical (unpaired) electrons. The lowest BCUT2D eigenvalue weighted by Crippen LogP contribution is -2.59. The van der Waals surface area contributed by atoms with Gasteiger partial charge in [0.05, 0.1) is 44.7 Å². The standard InChI is InChI=1S/C28H55N3O10/c1-28(13-36)4-18(24(31)27(39)21(28)8-35)10-41-12-20-15(6-33)3-17(23(30)26(20)38)9-40-11-19-14(5-32)2-16(7-34)22(29)25(19)37/h14-27,32-39H,2-13,29-31H2,1H3. The summed E-state index contributed by atoms with van der Waals surface area (Å²) >= 11 is 0. The number of hydrogen-bond donors (Lipinski definition) is 11. The molecule has 15 unspecified atom stereocenters. The second-order valence-electron chi connectivity index (χ2n) is 13.2. The van der Waals surface area contributed by atoms with E-state index in [9.17, 15) is 40.9 Å². The van der Waals surface area contributed by atoms with Crippen LogP contribution in [0.1, 0.15) is 26.2 Å². The first kappa shape index (κ1) is 35.0. The van der Waals surface area contributed by atoms with Crippen LogP contribution in [0, 0.1) is 52.8 Å². The molecule has 3 rings (SSSR count). The Morgan fingerprint density at radius 3 is 1.49 bits per heavy atom. The predicted octanol–water partition coefficient (Wildman–Crippen LogP) is -3.81. The van der Waals surface area contributed by atoms with Crippen molar-refractivity contribution in [2.24, 2.45) is 70.0 Å². The molecule has 0 bridgehead atoms. The van der Waals surface area contributed by atoms with Gasteiger partial charge in [0.15, 0.2) is 0 Å². The van der Waals surface area contributed by atoms with E-state index in [0.29, 0.717) is 19.3 Å². The molecule has 0 spiro atoms. The average Bonchev–Trinajstić information content (AvgIpc) is 2.97. The average molecular weight is 594 g/mol. The molecular formula is C28H55N3O10. The molecule has 13 nitrogen and oxygen atoms in total. The third-order valence-electron chi connectivity index (χ3n) is 10.7. The summed E-state index contributed by atoms with van der Waals surface area (Å²) in [6.45, 7) is 1.48. The minimum atomic E-state index is -0.992. The molecule has 0 saturated heterocycles. The third-order valence-corrected chi connectivity index (χ3v) is 10.7. The highest BCUT2D eigenvalue weighted by Gasteiger charge is 2.49. The Morgan fingerprint density at radius 2 is 1.02 bits per heavy atom. The summed E-state index contributed by atoms with van der Waals surface area (Å²) in [6.07, 6.45) is -1.45. The molecule has 0 aromatic heterocycles. The van der Waals surface area contributed by atoms with Crippen LogP contribution in [-0.2, 0) is 9.47 Å². The molecule has 3 aliphatic carbocycles. The molecule has 14 N–H and O–H groups in total. The first-order valence-corrected chi connectivity index (χ1v) is 15.0. The van der Waals surface area contributed by atoms with Crippen molar-refractivity contribution in [3.05, 3.63) is 0 Å². The van der Waals surface area contributed by atoms with E-state index in [2.05, 4.69) is 0 Å². The Labute approximate surface area is 242 Å². The van der Waals surface area contributed by atoms with Crippen molar-refractivity contribution in [3.8, 4) is 0 Å². The smallest absolute Gasteiger partial charge is 0.0750 e. The lowest BCUT2D eigenvalue weighted by molar-refractivity contribution is -0.122. The zero-order valence-corrected chi connectivity index (χ0v) is 24.2. The van der Waals surface area contributed by atoms with Crippen molar-refractivity contribution in [3.63, 3.8) is 0 Å². The predicted molar refractivity (Wildman–Crippen MR) is 149 cm³/mol. The van der Waals surface area contributed by atoms with E-state index in [-0.39, 0.29) is 89.1 Å². The number of rotatable bonds is 13. The van der Waals surface area contributed by atoms with E-state index >= 15 is 0 Å². The minimum absolute atomic E-state index is 0.128. The van der Waals surface area contributed by atoms with E-state index in [4.69, 9.17) is 26.7 Å². The molecule has 3 fully saturated rings. The summed E-state index contributed by atoms with van der Waals surface area (Å²) < 4.78 is 11.9. The summed E-state index contributed by atoms with van der Waals surface area (Å²) in [6, 6.07) is -1.90. The molecule has 41 heavy (non-hydrogen) atoms. The minimum Gasteiger partial charge on any atom is -0.396 e. The van der Waals surface area contributed by atoms with E-state index < -0.39 is 59.6 Å². The Hall–Kier alpha value is -0.520. The number of hydrogen-bond acceptors (Lipinski definition) is 13. The fourth-order valence-electron chi connectivity index (χ4n) is 7.63. The van der Waals surface area contributed by atoms with Crippen LogP contribution in [0.5, 0.6) is 0 Å². The molecule has 242 valence electrons. The van der Waals surface area contributed by atoms with Crippen LogP contribution in [0.3, 0.4) is 0 Å². The van der Waals surface area contributed by atoms with Crippen molar-refractivity contribution in [1.29, 1.82) is 0 Å². The maximum Gasteiger partial charge on any atom is 0.0750 e. The summed E-state index contributed by atoms with van der Waals surface area (Å²) in [7, 11) is 0. The highest BCUT2D eigenvalue weighted by molar-refractivity contribution is 5.01. The van der Waals surface area contributed by atoms with E-state index in [1.54, 1.807) is 0 Å². The molecule has 0 aromatic carbocycles. The van der Waals surface area contributed by atoms with Gasteiger partial charge >= 0.3 is 0 Å². The fourth-order valence-corrected chi connectivity index (χ4v) is 7.63. The normalized spacial score (nSPS) is 47.4. The molecule has 0 aromatic rings. The number of aliphatic hydroxyl groups excluding tert-OH is 8. The summed E-state index contributed by atoms with van der Waals surface area (Å²) in [5.74, 6) is -2.75. The molecule has 15 atom stereocenters. The van der Waals surface area contributed by atoms with Crippen molar-refractivity contribution in [2.45, 2.75) is 62.6 Å². The molecule has 3 aliphatic rings. The topological polar surface area (TPSA) is 258 Å². The Balaban J connectivity index is 1.53. The number of aliphatic hydroxyl groups is 8. The van der Waals surface area contributed by atoms with E-state index in [0.717, 1.165) is 0 Å². The zero-order valence-electron chi connectivity index (χ0n) is 24.2. The lowest BCUT2D eigenvalue weighted by Gasteiger charge is -2.49. The van der Waals surface area contributed by atoms with Crippen molar-refractivity contribution < 1.29 is 50.3 Å². The molecular weight excluding hydrogens is 538 g/mol. The fraction of sp³-hybridized carbons (Fsp3) is 1.00. The highest BCUT2D eigenvalue weighted by atomic mass is 16.5. The molecule has 0 amide bonds. The largest absolute Gasteiger partial charge is 0.396 e. The van der Waals surface area contributed by atoms with Crippen LogP contribution in [-0.4, -0.2) is 137 Å². The molecule has 0 heterocycles. The van der Waals surface area contributed by atoms with Gasteiger partial charge in [0.1, 0.15) is 0 Å². The van der Waals surface area contributed by atoms with Gasteiger partial charge < -0.3 is 67.5 Å². The second kappa shape index (κ2) is 15.5. The van der Waals surface area contributed by atoms with Crippen LogP contribution in [0.2, 0.25) is 0 Å². The van der Waals surface area contributed by atoms with Gasteiger partial charge in [-0.05, 0) is 42.4 Å². The molecule has 3 saturated carbocycles. The zero-order chi connectivity index (χ0) is 30.5. The maximum atomic E-state index is 11.1. The molecule has 13 heteroatoms. The van der Waals surface area contributed by atoms with E-state index in [1.807, 2.05) is 6.92 Å². The van der Waals surface area contributed by atoms with Crippen LogP contribution in [0.4, 0.5) is 0 Å². The number of ether oxygens (including phenoxy) is 2. The van der Waals surface area contributed by atoms with Crippen LogP contribution in [0.25, 0.3) is 0 Å². The summed E-state index contributed by atoms with van der Waals surface area (Å²) in [4.78, 5) is 0. The van der Waals surface area contributed by atoms with Gasteiger partial charge in [0.25, 0.3) is 0 Å². The first-order chi connectivity index (χ1) is 19.5. The number of nitrogens with two attached hydrogens (primary N) is 3. The Morgan fingerprint density at radius 1 is 0.585 bits per heavy atom.